The van der Waals surface area contributed by atoms with Crippen LogP contribution in [0.4, 0.5) is 11.9 Å². The third-order valence-electron chi connectivity index (χ3n) is 3.28. The summed E-state index contributed by atoms with van der Waals surface area (Å²) in [7, 11) is 1.73. The van der Waals surface area contributed by atoms with Crippen molar-refractivity contribution in [2.45, 2.75) is 31.8 Å². The molecule has 0 bridgehead atoms. The first-order valence-electron chi connectivity index (χ1n) is 6.36. The summed E-state index contributed by atoms with van der Waals surface area (Å²) >= 11 is 0. The van der Waals surface area contributed by atoms with Crippen LogP contribution in [-0.2, 0) is 4.74 Å². The summed E-state index contributed by atoms with van der Waals surface area (Å²) in [6.45, 7) is 3.00. The van der Waals surface area contributed by atoms with Crippen LogP contribution in [0.3, 0.4) is 0 Å². The number of nitrogens with one attached hydrogen (secondary N) is 2. The first-order chi connectivity index (χ1) is 9.21. The number of aromatic nitrogens is 3. The summed E-state index contributed by atoms with van der Waals surface area (Å²) in [5.41, 5.74) is 2.29. The molecular weight excluding hydrogens is 248 g/mol. The van der Waals surface area contributed by atoms with E-state index in [-0.39, 0.29) is 17.6 Å². The number of hydrogen-bond acceptors (Lipinski definition) is 8. The lowest BCUT2D eigenvalue weighted by molar-refractivity contribution is -0.0602. The molecule has 0 aliphatic heterocycles. The lowest BCUT2D eigenvalue weighted by Gasteiger charge is -2.40. The van der Waals surface area contributed by atoms with Crippen molar-refractivity contribution in [3.8, 4) is 6.01 Å². The van der Waals surface area contributed by atoms with Crippen LogP contribution in [0.1, 0.15) is 26.2 Å². The number of hydrazine groups is 1. The molecule has 4 N–H and O–H groups in total. The number of nitrogens with two attached hydrogens (primary N) is 1. The largest absolute Gasteiger partial charge is 0.464 e. The number of methoxy groups -OCH3 is 1. The molecule has 19 heavy (non-hydrogen) atoms. The van der Waals surface area contributed by atoms with Gasteiger partial charge in [-0.2, -0.15) is 15.0 Å². The fourth-order valence-electron chi connectivity index (χ4n) is 1.96. The standard InChI is InChI=1S/C11H20N6O2/c1-3-19-10-15-8(14-9(16-10)17-12)13-7-11(18-2)5-4-6-11/h3-7,12H2,1-2H3,(H2,13,14,15,16,17). The number of nitrogens with zero attached hydrogens (tertiary/aromatic N) is 3. The molecule has 1 aromatic heterocycles. The van der Waals surface area contributed by atoms with Crippen molar-refractivity contribution in [2.24, 2.45) is 5.84 Å². The third kappa shape index (κ3) is 3.21. The number of anilines is 2. The van der Waals surface area contributed by atoms with Crippen LogP contribution in [0.5, 0.6) is 6.01 Å². The van der Waals surface area contributed by atoms with E-state index in [2.05, 4.69) is 25.7 Å². The SMILES string of the molecule is CCOc1nc(NN)nc(NCC2(OC)CCC2)n1. The molecule has 0 amide bonds. The van der Waals surface area contributed by atoms with Crippen LogP contribution in [-0.4, -0.2) is 40.8 Å². The molecule has 0 saturated heterocycles. The Morgan fingerprint density at radius 1 is 1.26 bits per heavy atom. The molecule has 0 unspecified atom stereocenters. The average Bonchev–Trinajstić information content (AvgIpc) is 2.38. The van der Waals surface area contributed by atoms with Gasteiger partial charge in [0, 0.05) is 13.7 Å². The maximum absolute atomic E-state index is 5.52. The van der Waals surface area contributed by atoms with E-state index < -0.39 is 0 Å². The second-order valence-electron chi connectivity index (χ2n) is 4.44. The molecule has 1 aliphatic carbocycles. The van der Waals surface area contributed by atoms with Crippen LogP contribution >= 0.6 is 0 Å². The van der Waals surface area contributed by atoms with Gasteiger partial charge in [0.2, 0.25) is 11.9 Å². The molecule has 1 fully saturated rings. The first-order valence-corrected chi connectivity index (χ1v) is 6.36. The maximum atomic E-state index is 5.52. The molecule has 8 nitrogen and oxygen atoms in total. The normalized spacial score (nSPS) is 16.6. The van der Waals surface area contributed by atoms with Gasteiger partial charge in [-0.1, -0.05) is 0 Å². The molecular formula is C11H20N6O2. The van der Waals surface area contributed by atoms with Gasteiger partial charge >= 0.3 is 6.01 Å². The molecule has 1 aliphatic rings. The van der Waals surface area contributed by atoms with Gasteiger partial charge in [-0.25, -0.2) is 5.84 Å². The molecule has 1 heterocycles. The number of ether oxygens (including phenoxy) is 2. The Balaban J connectivity index is 2.04. The van der Waals surface area contributed by atoms with E-state index in [4.69, 9.17) is 15.3 Å². The van der Waals surface area contributed by atoms with Gasteiger partial charge in [-0.3, -0.25) is 5.43 Å². The lowest BCUT2D eigenvalue weighted by atomic mass is 9.80. The summed E-state index contributed by atoms with van der Waals surface area (Å²) < 4.78 is 10.8. The zero-order chi connectivity index (χ0) is 13.7. The van der Waals surface area contributed by atoms with Gasteiger partial charge < -0.3 is 14.8 Å². The van der Waals surface area contributed by atoms with E-state index in [0.717, 1.165) is 12.8 Å². The van der Waals surface area contributed by atoms with Crippen LogP contribution in [0.25, 0.3) is 0 Å². The third-order valence-corrected chi connectivity index (χ3v) is 3.28. The van der Waals surface area contributed by atoms with E-state index in [1.165, 1.54) is 6.42 Å². The van der Waals surface area contributed by atoms with Gasteiger partial charge in [0.1, 0.15) is 0 Å². The second-order valence-corrected chi connectivity index (χ2v) is 4.44. The van der Waals surface area contributed by atoms with Crippen LogP contribution in [0.2, 0.25) is 0 Å². The van der Waals surface area contributed by atoms with Gasteiger partial charge in [0.15, 0.2) is 0 Å². The Morgan fingerprint density at radius 2 is 2.00 bits per heavy atom. The van der Waals surface area contributed by atoms with Crippen molar-refractivity contribution >= 4 is 11.9 Å². The summed E-state index contributed by atoms with van der Waals surface area (Å²) in [6.07, 6.45) is 3.27. The van der Waals surface area contributed by atoms with Crippen LogP contribution in [0.15, 0.2) is 0 Å². The van der Waals surface area contributed by atoms with Gasteiger partial charge in [0.25, 0.3) is 0 Å². The highest BCUT2D eigenvalue weighted by Crippen LogP contribution is 2.34. The van der Waals surface area contributed by atoms with Crippen molar-refractivity contribution in [1.29, 1.82) is 0 Å². The molecule has 2 rings (SSSR count). The highest BCUT2D eigenvalue weighted by atomic mass is 16.5. The fourth-order valence-corrected chi connectivity index (χ4v) is 1.96. The van der Waals surface area contributed by atoms with Crippen molar-refractivity contribution in [1.82, 2.24) is 15.0 Å². The molecule has 0 radical (unpaired) electrons. The smallest absolute Gasteiger partial charge is 0.323 e. The summed E-state index contributed by atoms with van der Waals surface area (Å²) in [5, 5.41) is 3.15. The van der Waals surface area contributed by atoms with Crippen LogP contribution < -0.4 is 21.3 Å². The topological polar surface area (TPSA) is 107 Å². The van der Waals surface area contributed by atoms with E-state index in [1.807, 2.05) is 6.92 Å². The number of hydrogen-bond donors (Lipinski definition) is 3. The van der Waals surface area contributed by atoms with Gasteiger partial charge in [-0.15, -0.1) is 0 Å². The Morgan fingerprint density at radius 3 is 2.53 bits per heavy atom. The molecule has 1 saturated carbocycles. The summed E-state index contributed by atoms with van der Waals surface area (Å²) in [4.78, 5) is 12.3. The van der Waals surface area contributed by atoms with Crippen molar-refractivity contribution in [3.63, 3.8) is 0 Å². The molecule has 0 aromatic carbocycles. The minimum Gasteiger partial charge on any atom is -0.464 e. The number of rotatable bonds is 7. The van der Waals surface area contributed by atoms with Gasteiger partial charge in [-0.05, 0) is 26.2 Å². The maximum Gasteiger partial charge on any atom is 0.323 e. The quantitative estimate of drug-likeness (QED) is 0.486. The molecule has 1 aromatic rings. The Hall–Kier alpha value is -1.67. The predicted octanol–water partition coefficient (Wildman–Crippen LogP) is 0.537. The molecule has 106 valence electrons. The minimum atomic E-state index is -0.102. The summed E-state index contributed by atoms with van der Waals surface area (Å²) in [6, 6.07) is 0.244. The molecule has 0 spiro atoms. The number of nitrogen functional groups attached to an aromatic ring is 1. The van der Waals surface area contributed by atoms with Gasteiger partial charge in [0.05, 0.1) is 12.2 Å². The van der Waals surface area contributed by atoms with Crippen molar-refractivity contribution < 1.29 is 9.47 Å². The Labute approximate surface area is 112 Å². The van der Waals surface area contributed by atoms with E-state index in [9.17, 15) is 0 Å². The first kappa shape index (κ1) is 13.8. The zero-order valence-electron chi connectivity index (χ0n) is 11.3. The van der Waals surface area contributed by atoms with E-state index in [0.29, 0.717) is 19.1 Å². The van der Waals surface area contributed by atoms with Crippen LogP contribution in [0, 0.1) is 0 Å². The second kappa shape index (κ2) is 5.98. The van der Waals surface area contributed by atoms with E-state index in [1.54, 1.807) is 7.11 Å². The molecule has 0 atom stereocenters. The Kier molecular flexibility index (Phi) is 4.33. The zero-order valence-corrected chi connectivity index (χ0v) is 11.3. The monoisotopic (exact) mass is 268 g/mol. The van der Waals surface area contributed by atoms with Crippen molar-refractivity contribution in [3.05, 3.63) is 0 Å². The average molecular weight is 268 g/mol. The fraction of sp³-hybridized carbons (Fsp3) is 0.727. The molecule has 8 heteroatoms. The highest BCUT2D eigenvalue weighted by Gasteiger charge is 2.36. The summed E-state index contributed by atoms with van der Waals surface area (Å²) in [5.74, 6) is 6.01. The lowest BCUT2D eigenvalue weighted by Crippen LogP contribution is -2.45. The highest BCUT2D eigenvalue weighted by molar-refractivity contribution is 5.35. The Bertz CT molecular complexity index is 418. The van der Waals surface area contributed by atoms with E-state index >= 15 is 0 Å². The van der Waals surface area contributed by atoms with Crippen molar-refractivity contribution in [2.75, 3.05) is 31.0 Å². The minimum absolute atomic E-state index is 0.102. The predicted molar refractivity (Wildman–Crippen MR) is 70.9 cm³/mol.